The zero-order valence-electron chi connectivity index (χ0n) is 12.2. The Balaban J connectivity index is 1.56. The summed E-state index contributed by atoms with van der Waals surface area (Å²) in [5, 5.41) is 11.6. The SMILES string of the molecule is Cn1c(SCC(=O)NCc2ccco2)nnc1-c1ccc(Br)o1. The first kappa shape index (κ1) is 15.9. The van der Waals surface area contributed by atoms with Crippen molar-refractivity contribution >= 4 is 33.6 Å². The van der Waals surface area contributed by atoms with E-state index in [1.54, 1.807) is 29.0 Å². The predicted molar refractivity (Wildman–Crippen MR) is 87.7 cm³/mol. The number of hydrogen-bond acceptors (Lipinski definition) is 6. The van der Waals surface area contributed by atoms with Crippen molar-refractivity contribution in [2.45, 2.75) is 11.7 Å². The number of furan rings is 2. The van der Waals surface area contributed by atoms with Gasteiger partial charge in [-0.2, -0.15) is 0 Å². The topological polar surface area (TPSA) is 86.1 Å². The van der Waals surface area contributed by atoms with Crippen LogP contribution in [0, 0.1) is 0 Å². The van der Waals surface area contributed by atoms with Crippen molar-refractivity contribution in [1.82, 2.24) is 20.1 Å². The van der Waals surface area contributed by atoms with Gasteiger partial charge in [0, 0.05) is 7.05 Å². The molecule has 7 nitrogen and oxygen atoms in total. The molecule has 3 rings (SSSR count). The highest BCUT2D eigenvalue weighted by atomic mass is 79.9. The molecular formula is C14H13BrN4O3S. The average Bonchev–Trinajstić information content (AvgIpc) is 3.25. The van der Waals surface area contributed by atoms with Crippen molar-refractivity contribution in [3.63, 3.8) is 0 Å². The molecule has 9 heteroatoms. The number of halogens is 1. The van der Waals surface area contributed by atoms with E-state index in [4.69, 9.17) is 8.83 Å². The lowest BCUT2D eigenvalue weighted by molar-refractivity contribution is -0.118. The minimum Gasteiger partial charge on any atom is -0.467 e. The van der Waals surface area contributed by atoms with Gasteiger partial charge in [0.05, 0.1) is 18.6 Å². The van der Waals surface area contributed by atoms with Gasteiger partial charge in [-0.05, 0) is 40.2 Å². The Hall–Kier alpha value is -2.00. The number of nitrogens with one attached hydrogen (secondary N) is 1. The summed E-state index contributed by atoms with van der Waals surface area (Å²) >= 11 is 4.56. The average molecular weight is 397 g/mol. The number of carbonyl (C=O) groups excluding carboxylic acids is 1. The molecule has 0 radical (unpaired) electrons. The summed E-state index contributed by atoms with van der Waals surface area (Å²) in [6.07, 6.45) is 1.57. The largest absolute Gasteiger partial charge is 0.467 e. The zero-order valence-corrected chi connectivity index (χ0v) is 14.6. The molecule has 3 heterocycles. The summed E-state index contributed by atoms with van der Waals surface area (Å²) in [6.45, 7) is 0.372. The van der Waals surface area contributed by atoms with Gasteiger partial charge >= 0.3 is 0 Å². The molecule has 0 aliphatic carbocycles. The van der Waals surface area contributed by atoms with E-state index in [0.29, 0.717) is 33.7 Å². The van der Waals surface area contributed by atoms with Gasteiger partial charge < -0.3 is 18.7 Å². The molecule has 0 spiro atoms. The molecule has 120 valence electrons. The van der Waals surface area contributed by atoms with Gasteiger partial charge in [-0.1, -0.05) is 11.8 Å². The summed E-state index contributed by atoms with van der Waals surface area (Å²) in [5.74, 6) is 2.08. The number of carbonyl (C=O) groups is 1. The van der Waals surface area contributed by atoms with Crippen molar-refractivity contribution in [3.05, 3.63) is 41.0 Å². The summed E-state index contributed by atoms with van der Waals surface area (Å²) in [7, 11) is 1.83. The molecule has 0 fully saturated rings. The van der Waals surface area contributed by atoms with Crippen molar-refractivity contribution in [2.75, 3.05) is 5.75 Å². The molecular weight excluding hydrogens is 384 g/mol. The van der Waals surface area contributed by atoms with E-state index in [9.17, 15) is 4.79 Å². The van der Waals surface area contributed by atoms with Gasteiger partial charge in [-0.15, -0.1) is 10.2 Å². The Morgan fingerprint density at radius 1 is 1.39 bits per heavy atom. The number of amides is 1. The summed E-state index contributed by atoms with van der Waals surface area (Å²) in [5.41, 5.74) is 0. The number of rotatable bonds is 6. The predicted octanol–water partition coefficient (Wildman–Crippen LogP) is 2.84. The monoisotopic (exact) mass is 396 g/mol. The molecule has 1 N–H and O–H groups in total. The van der Waals surface area contributed by atoms with Crippen LogP contribution in [0.4, 0.5) is 0 Å². The van der Waals surface area contributed by atoms with Crippen LogP contribution in [0.25, 0.3) is 11.6 Å². The maximum atomic E-state index is 11.8. The zero-order chi connectivity index (χ0) is 16.2. The van der Waals surface area contributed by atoms with E-state index < -0.39 is 0 Å². The molecule has 0 unspecified atom stereocenters. The van der Waals surface area contributed by atoms with E-state index in [0.717, 1.165) is 0 Å². The van der Waals surface area contributed by atoms with Crippen LogP contribution in [0.1, 0.15) is 5.76 Å². The van der Waals surface area contributed by atoms with E-state index in [-0.39, 0.29) is 11.7 Å². The second-order valence-electron chi connectivity index (χ2n) is 4.61. The molecule has 3 aromatic rings. The van der Waals surface area contributed by atoms with Crippen LogP contribution >= 0.6 is 27.7 Å². The minimum absolute atomic E-state index is 0.100. The van der Waals surface area contributed by atoms with E-state index in [1.165, 1.54) is 11.8 Å². The van der Waals surface area contributed by atoms with Gasteiger partial charge in [0.2, 0.25) is 5.91 Å². The maximum Gasteiger partial charge on any atom is 0.230 e. The minimum atomic E-state index is -0.100. The second kappa shape index (κ2) is 7.05. The lowest BCUT2D eigenvalue weighted by atomic mass is 10.4. The lowest BCUT2D eigenvalue weighted by Crippen LogP contribution is -2.24. The third-order valence-corrected chi connectivity index (χ3v) is 4.45. The molecule has 0 aliphatic rings. The first-order chi connectivity index (χ1) is 11.1. The van der Waals surface area contributed by atoms with E-state index >= 15 is 0 Å². The summed E-state index contributed by atoms with van der Waals surface area (Å²) < 4.78 is 13.0. The molecule has 3 aromatic heterocycles. The Labute approximate surface area is 144 Å². The highest BCUT2D eigenvalue weighted by Gasteiger charge is 2.15. The lowest BCUT2D eigenvalue weighted by Gasteiger charge is -2.03. The van der Waals surface area contributed by atoms with Crippen molar-refractivity contribution < 1.29 is 13.6 Å². The van der Waals surface area contributed by atoms with E-state index in [1.807, 2.05) is 13.1 Å². The van der Waals surface area contributed by atoms with Gasteiger partial charge in [-0.25, -0.2) is 0 Å². The van der Waals surface area contributed by atoms with Crippen LogP contribution in [-0.2, 0) is 18.4 Å². The smallest absolute Gasteiger partial charge is 0.230 e. The first-order valence-electron chi connectivity index (χ1n) is 6.70. The second-order valence-corrected chi connectivity index (χ2v) is 6.34. The Morgan fingerprint density at radius 3 is 2.96 bits per heavy atom. The number of aromatic nitrogens is 3. The fraction of sp³-hybridized carbons (Fsp3) is 0.214. The van der Waals surface area contributed by atoms with Crippen molar-refractivity contribution in [2.24, 2.45) is 7.05 Å². The van der Waals surface area contributed by atoms with Crippen molar-refractivity contribution in [1.29, 1.82) is 0 Å². The number of hydrogen-bond donors (Lipinski definition) is 1. The van der Waals surface area contributed by atoms with Crippen LogP contribution in [-0.4, -0.2) is 26.4 Å². The molecule has 1 amide bonds. The molecule has 0 saturated heterocycles. The number of thioether (sulfide) groups is 1. The van der Waals surface area contributed by atoms with Crippen LogP contribution in [0.15, 0.2) is 49.2 Å². The molecule has 0 aromatic carbocycles. The molecule has 0 aliphatic heterocycles. The van der Waals surface area contributed by atoms with Gasteiger partial charge in [0.15, 0.2) is 21.4 Å². The van der Waals surface area contributed by atoms with Gasteiger partial charge in [-0.3, -0.25) is 4.79 Å². The summed E-state index contributed by atoms with van der Waals surface area (Å²) in [4.78, 5) is 11.8. The molecule has 23 heavy (non-hydrogen) atoms. The number of nitrogens with zero attached hydrogens (tertiary/aromatic N) is 3. The van der Waals surface area contributed by atoms with Crippen molar-refractivity contribution in [3.8, 4) is 11.6 Å². The van der Waals surface area contributed by atoms with E-state index in [2.05, 4.69) is 31.4 Å². The third-order valence-electron chi connectivity index (χ3n) is 3.00. The molecule has 0 saturated carbocycles. The normalized spacial score (nSPS) is 10.9. The van der Waals surface area contributed by atoms with Crippen LogP contribution < -0.4 is 5.32 Å². The Kier molecular flexibility index (Phi) is 4.87. The quantitative estimate of drug-likeness (QED) is 0.644. The van der Waals surface area contributed by atoms with Gasteiger partial charge in [0.1, 0.15) is 5.76 Å². The maximum absolute atomic E-state index is 11.8. The highest BCUT2D eigenvalue weighted by Crippen LogP contribution is 2.26. The van der Waals surface area contributed by atoms with Crippen LogP contribution in [0.2, 0.25) is 0 Å². The Morgan fingerprint density at radius 2 is 2.26 bits per heavy atom. The molecule has 0 bridgehead atoms. The fourth-order valence-corrected chi connectivity index (χ4v) is 2.92. The standard InChI is InChI=1S/C14H13BrN4O3S/c1-19-13(10-4-5-11(15)22-10)17-18-14(19)23-8-12(20)16-7-9-3-2-6-21-9/h2-6H,7-8H2,1H3,(H,16,20). The Bertz CT molecular complexity index is 797. The van der Waals surface area contributed by atoms with Crippen LogP contribution in [0.5, 0.6) is 0 Å². The summed E-state index contributed by atoms with van der Waals surface area (Å²) in [6, 6.07) is 7.19. The van der Waals surface area contributed by atoms with Crippen LogP contribution in [0.3, 0.4) is 0 Å². The first-order valence-corrected chi connectivity index (χ1v) is 8.48. The molecule has 0 atom stereocenters. The van der Waals surface area contributed by atoms with Gasteiger partial charge in [0.25, 0.3) is 0 Å². The third kappa shape index (κ3) is 3.85. The fourth-order valence-electron chi connectivity index (χ4n) is 1.87. The highest BCUT2D eigenvalue weighted by molar-refractivity contribution is 9.10.